The molecule has 0 bridgehead atoms. The van der Waals surface area contributed by atoms with Crippen LogP contribution in [0.4, 0.5) is 17.1 Å². The molecule has 3 nitrogen and oxygen atoms in total. The van der Waals surface area contributed by atoms with Crippen LogP contribution in [0.15, 0.2) is 225 Å². The molecular formula is C62H49N3. The minimum atomic E-state index is 0.922. The maximum absolute atomic E-state index is 5.03. The maximum atomic E-state index is 5.03. The average molecular weight is 836 g/mol. The summed E-state index contributed by atoms with van der Waals surface area (Å²) in [5, 5.41) is 0. The Bertz CT molecular complexity index is 3090. The summed E-state index contributed by atoms with van der Waals surface area (Å²) in [6.45, 7) is 8.69. The van der Waals surface area contributed by atoms with E-state index in [-0.39, 0.29) is 0 Å². The summed E-state index contributed by atoms with van der Waals surface area (Å²) in [6.07, 6.45) is 4.00. The lowest BCUT2D eigenvalue weighted by Gasteiger charge is -2.30. The first-order chi connectivity index (χ1) is 31.9. The van der Waals surface area contributed by atoms with Gasteiger partial charge in [0.2, 0.25) is 0 Å². The highest BCUT2D eigenvalue weighted by molar-refractivity contribution is 5.92. The van der Waals surface area contributed by atoms with Crippen LogP contribution >= 0.6 is 0 Å². The lowest BCUT2D eigenvalue weighted by Crippen LogP contribution is -2.13. The van der Waals surface area contributed by atoms with Crippen molar-refractivity contribution in [2.24, 2.45) is 0 Å². The van der Waals surface area contributed by atoms with E-state index in [1.54, 1.807) is 0 Å². The van der Waals surface area contributed by atoms with E-state index in [1.807, 2.05) is 12.4 Å². The molecule has 0 aliphatic carbocycles. The summed E-state index contributed by atoms with van der Waals surface area (Å²) in [5.74, 6) is 0. The lowest BCUT2D eigenvalue weighted by atomic mass is 9.95. The second kappa shape index (κ2) is 17.9. The molecule has 8 aromatic carbocycles. The van der Waals surface area contributed by atoms with Gasteiger partial charge in [0, 0.05) is 40.5 Å². The molecule has 2 heterocycles. The van der Waals surface area contributed by atoms with Gasteiger partial charge in [0.25, 0.3) is 0 Å². The van der Waals surface area contributed by atoms with Crippen molar-refractivity contribution in [3.63, 3.8) is 0 Å². The van der Waals surface area contributed by atoms with Gasteiger partial charge in [-0.15, -0.1) is 0 Å². The largest absolute Gasteiger partial charge is 0.310 e. The van der Waals surface area contributed by atoms with E-state index < -0.39 is 0 Å². The van der Waals surface area contributed by atoms with Crippen LogP contribution in [0.3, 0.4) is 0 Å². The Morgan fingerprint density at radius 3 is 1.11 bits per heavy atom. The third kappa shape index (κ3) is 8.53. The van der Waals surface area contributed by atoms with Gasteiger partial charge in [0.15, 0.2) is 0 Å². The molecule has 0 saturated heterocycles. The summed E-state index contributed by atoms with van der Waals surface area (Å²) >= 11 is 0. The number of aryl methyl sites for hydroxylation is 4. The molecule has 312 valence electrons. The topological polar surface area (TPSA) is 29.0 Å². The van der Waals surface area contributed by atoms with Gasteiger partial charge in [-0.25, -0.2) is 0 Å². The molecule has 0 amide bonds. The molecule has 10 rings (SSSR count). The Hall–Kier alpha value is -8.14. The Morgan fingerprint density at radius 1 is 0.292 bits per heavy atom. The quantitative estimate of drug-likeness (QED) is 0.137. The zero-order valence-corrected chi connectivity index (χ0v) is 37.2. The second-order valence-electron chi connectivity index (χ2n) is 16.9. The molecule has 0 spiro atoms. The molecule has 0 aliphatic heterocycles. The predicted octanol–water partition coefficient (Wildman–Crippen LogP) is 16.8. The van der Waals surface area contributed by atoms with Crippen molar-refractivity contribution in [1.82, 2.24) is 9.97 Å². The van der Waals surface area contributed by atoms with E-state index in [4.69, 9.17) is 9.97 Å². The molecule has 0 atom stereocenters. The zero-order chi connectivity index (χ0) is 44.3. The SMILES string of the molecule is Cc1cc(C)c(N(c2cccc(-c3cc(-c4ccc(-c5ccccc5)cc4)c(C)cn3)c2)c2cccc(-c3cc(-c4ccc(-c5ccccc5)cc4)c(C)cn3)c2)c(-c2ccccc2)c1. The molecular weight excluding hydrogens is 787 g/mol. The van der Waals surface area contributed by atoms with E-state index in [0.29, 0.717) is 0 Å². The van der Waals surface area contributed by atoms with Gasteiger partial charge in [-0.3, -0.25) is 9.97 Å². The van der Waals surface area contributed by atoms with E-state index in [2.05, 4.69) is 245 Å². The van der Waals surface area contributed by atoms with E-state index in [0.717, 1.165) is 56.3 Å². The van der Waals surface area contributed by atoms with Crippen molar-refractivity contribution >= 4 is 17.1 Å². The number of benzene rings is 8. The molecule has 0 aliphatic rings. The van der Waals surface area contributed by atoms with Gasteiger partial charge in [0.1, 0.15) is 0 Å². The highest BCUT2D eigenvalue weighted by atomic mass is 15.1. The third-order valence-corrected chi connectivity index (χ3v) is 12.4. The van der Waals surface area contributed by atoms with Gasteiger partial charge in [0.05, 0.1) is 17.1 Å². The number of nitrogens with zero attached hydrogens (tertiary/aromatic N) is 3. The second-order valence-corrected chi connectivity index (χ2v) is 16.9. The average Bonchev–Trinajstić information content (AvgIpc) is 3.36. The molecule has 10 aromatic rings. The Labute approximate surface area is 383 Å². The molecule has 0 N–H and O–H groups in total. The van der Waals surface area contributed by atoms with Crippen LogP contribution in [0, 0.1) is 27.7 Å². The minimum Gasteiger partial charge on any atom is -0.310 e. The fraction of sp³-hybridized carbons (Fsp3) is 0.0645. The molecule has 2 aromatic heterocycles. The van der Waals surface area contributed by atoms with Crippen molar-refractivity contribution in [2.75, 3.05) is 4.90 Å². The summed E-state index contributed by atoms with van der Waals surface area (Å²) < 4.78 is 0. The number of hydrogen-bond donors (Lipinski definition) is 0. The summed E-state index contributed by atoms with van der Waals surface area (Å²) in [6, 6.07) is 76.2. The van der Waals surface area contributed by atoms with Crippen LogP contribution in [0.2, 0.25) is 0 Å². The molecule has 0 fully saturated rings. The normalized spacial score (nSPS) is 11.1. The van der Waals surface area contributed by atoms with Crippen molar-refractivity contribution in [3.05, 3.63) is 247 Å². The minimum absolute atomic E-state index is 0.922. The number of rotatable bonds is 10. The number of anilines is 3. The van der Waals surface area contributed by atoms with E-state index in [1.165, 1.54) is 61.2 Å². The Morgan fingerprint density at radius 2 is 0.662 bits per heavy atom. The van der Waals surface area contributed by atoms with Crippen molar-refractivity contribution in [2.45, 2.75) is 27.7 Å². The number of pyridine rings is 2. The molecule has 3 heteroatoms. The van der Waals surface area contributed by atoms with Crippen LogP contribution in [0.1, 0.15) is 22.3 Å². The fourth-order valence-corrected chi connectivity index (χ4v) is 9.04. The highest BCUT2D eigenvalue weighted by Crippen LogP contribution is 2.45. The van der Waals surface area contributed by atoms with E-state index in [9.17, 15) is 0 Å². The number of aromatic nitrogens is 2. The van der Waals surface area contributed by atoms with E-state index >= 15 is 0 Å². The van der Waals surface area contributed by atoms with Gasteiger partial charge < -0.3 is 4.90 Å². The molecule has 0 saturated carbocycles. The maximum Gasteiger partial charge on any atom is 0.0709 e. The lowest BCUT2D eigenvalue weighted by molar-refractivity contribution is 1.23. The first kappa shape index (κ1) is 40.9. The molecule has 0 radical (unpaired) electrons. The van der Waals surface area contributed by atoms with Crippen molar-refractivity contribution < 1.29 is 0 Å². The van der Waals surface area contributed by atoms with Gasteiger partial charge >= 0.3 is 0 Å². The van der Waals surface area contributed by atoms with Crippen LogP contribution in [0.5, 0.6) is 0 Å². The highest BCUT2D eigenvalue weighted by Gasteiger charge is 2.22. The summed E-state index contributed by atoms with van der Waals surface area (Å²) in [7, 11) is 0. The fourth-order valence-electron chi connectivity index (χ4n) is 9.04. The van der Waals surface area contributed by atoms with Gasteiger partial charge in [-0.2, -0.15) is 0 Å². The van der Waals surface area contributed by atoms with Gasteiger partial charge in [-0.05, 0) is 137 Å². The summed E-state index contributed by atoms with van der Waals surface area (Å²) in [5.41, 5.74) is 23.6. The Balaban J connectivity index is 1.07. The van der Waals surface area contributed by atoms with Crippen molar-refractivity contribution in [1.29, 1.82) is 0 Å². The van der Waals surface area contributed by atoms with Crippen LogP contribution < -0.4 is 4.90 Å². The standard InChI is InChI=1S/C62H49N3/c1-42-34-43(2)62(59(35-42)50-20-12-7-13-21-50)65(55-24-14-22-53(36-55)60-38-57(44(3)40-63-60)51-30-26-48(27-31-51)46-16-8-5-9-17-46)56-25-15-23-54(37-56)61-39-58(45(4)41-64-61)52-32-28-49(29-33-52)47-18-10-6-11-19-47/h5-41H,1-4H3. The smallest absolute Gasteiger partial charge is 0.0709 e. The van der Waals surface area contributed by atoms with Gasteiger partial charge in [-0.1, -0.05) is 175 Å². The van der Waals surface area contributed by atoms with Crippen LogP contribution in [-0.2, 0) is 0 Å². The number of hydrogen-bond acceptors (Lipinski definition) is 3. The van der Waals surface area contributed by atoms with Crippen molar-refractivity contribution in [3.8, 4) is 78.1 Å². The first-order valence-corrected chi connectivity index (χ1v) is 22.3. The predicted molar refractivity (Wildman–Crippen MR) is 274 cm³/mol. The monoisotopic (exact) mass is 835 g/mol. The zero-order valence-electron chi connectivity index (χ0n) is 37.2. The first-order valence-electron chi connectivity index (χ1n) is 22.3. The molecule has 65 heavy (non-hydrogen) atoms. The van der Waals surface area contributed by atoms with Crippen LogP contribution in [-0.4, -0.2) is 9.97 Å². The Kier molecular flexibility index (Phi) is 11.3. The molecule has 0 unspecified atom stereocenters. The third-order valence-electron chi connectivity index (χ3n) is 12.4. The van der Waals surface area contributed by atoms with Crippen LogP contribution in [0.25, 0.3) is 78.1 Å². The summed E-state index contributed by atoms with van der Waals surface area (Å²) in [4.78, 5) is 12.5.